The third-order valence-electron chi connectivity index (χ3n) is 3.03. The number of para-hydroxylation sites is 1. The van der Waals surface area contributed by atoms with Crippen LogP contribution < -0.4 is 0 Å². The number of halogens is 1. The molecule has 2 heteroatoms. The van der Waals surface area contributed by atoms with Crippen molar-refractivity contribution in [3.8, 4) is 0 Å². The van der Waals surface area contributed by atoms with E-state index in [1.165, 1.54) is 17.4 Å². The lowest BCUT2D eigenvalue weighted by atomic mass is 10.1. The summed E-state index contributed by atoms with van der Waals surface area (Å²) in [6.07, 6.45) is 3.23. The molecule has 2 aromatic rings. The molecule has 1 saturated carbocycles. The molecule has 1 aromatic heterocycles. The molecular weight excluding hydrogens is 240 g/mol. The first-order valence-corrected chi connectivity index (χ1v) is 6.04. The predicted octanol–water partition coefficient (Wildman–Crippen LogP) is 3.93. The number of benzene rings is 1. The molecule has 0 saturated heterocycles. The maximum atomic E-state index is 5.53. The average Bonchev–Trinajstić information content (AvgIpc) is 2.90. The zero-order chi connectivity index (χ0) is 9.54. The van der Waals surface area contributed by atoms with Crippen molar-refractivity contribution in [2.45, 2.75) is 12.3 Å². The zero-order valence-corrected chi connectivity index (χ0v) is 9.33. The summed E-state index contributed by atoms with van der Waals surface area (Å²) in [5.41, 5.74) is 2.41. The summed E-state index contributed by atoms with van der Waals surface area (Å²) in [6, 6.07) is 8.28. The van der Waals surface area contributed by atoms with Crippen molar-refractivity contribution in [2.75, 3.05) is 5.33 Å². The first-order chi connectivity index (χ1) is 6.90. The summed E-state index contributed by atoms with van der Waals surface area (Å²) in [7, 11) is 0. The third kappa shape index (κ3) is 1.21. The minimum Gasteiger partial charge on any atom is -0.464 e. The van der Waals surface area contributed by atoms with Crippen molar-refractivity contribution in [3.05, 3.63) is 36.1 Å². The summed E-state index contributed by atoms with van der Waals surface area (Å²) in [6.45, 7) is 0. The van der Waals surface area contributed by atoms with Crippen LogP contribution in [-0.2, 0) is 0 Å². The summed E-state index contributed by atoms with van der Waals surface area (Å²) in [4.78, 5) is 0. The summed E-state index contributed by atoms with van der Waals surface area (Å²) >= 11 is 3.54. The Hall–Kier alpha value is -0.760. The molecule has 1 nitrogen and oxygen atoms in total. The minimum atomic E-state index is 0.720. The van der Waals surface area contributed by atoms with E-state index < -0.39 is 0 Å². The molecule has 0 radical (unpaired) electrons. The Morgan fingerprint density at radius 2 is 2.21 bits per heavy atom. The summed E-state index contributed by atoms with van der Waals surface area (Å²) in [5.74, 6) is 1.54. The topological polar surface area (TPSA) is 13.1 Å². The highest BCUT2D eigenvalue weighted by molar-refractivity contribution is 9.09. The van der Waals surface area contributed by atoms with Gasteiger partial charge in [-0.15, -0.1) is 0 Å². The van der Waals surface area contributed by atoms with Crippen LogP contribution in [-0.4, -0.2) is 5.33 Å². The molecule has 0 aliphatic heterocycles. The first kappa shape index (κ1) is 8.54. The molecule has 2 atom stereocenters. The molecule has 0 bridgehead atoms. The highest BCUT2D eigenvalue weighted by atomic mass is 79.9. The zero-order valence-electron chi connectivity index (χ0n) is 7.74. The highest BCUT2D eigenvalue weighted by Gasteiger charge is 2.38. The van der Waals surface area contributed by atoms with Gasteiger partial charge in [0.25, 0.3) is 0 Å². The molecule has 0 amide bonds. The van der Waals surface area contributed by atoms with E-state index in [1.807, 2.05) is 18.4 Å². The van der Waals surface area contributed by atoms with E-state index in [1.54, 1.807) is 0 Å². The lowest BCUT2D eigenvalue weighted by Gasteiger charge is -1.93. The smallest absolute Gasteiger partial charge is 0.134 e. The summed E-state index contributed by atoms with van der Waals surface area (Å²) in [5, 5.41) is 2.40. The molecule has 2 unspecified atom stereocenters. The second-order valence-electron chi connectivity index (χ2n) is 3.94. The van der Waals surface area contributed by atoms with Gasteiger partial charge in [-0.1, -0.05) is 34.1 Å². The van der Waals surface area contributed by atoms with E-state index in [2.05, 4.69) is 28.1 Å². The minimum absolute atomic E-state index is 0.720. The molecule has 3 rings (SSSR count). The Morgan fingerprint density at radius 3 is 3.00 bits per heavy atom. The molecule has 14 heavy (non-hydrogen) atoms. The van der Waals surface area contributed by atoms with Crippen LogP contribution in [0.4, 0.5) is 0 Å². The Morgan fingerprint density at radius 1 is 1.36 bits per heavy atom. The molecule has 1 heterocycles. The van der Waals surface area contributed by atoms with Crippen molar-refractivity contribution in [1.82, 2.24) is 0 Å². The molecule has 0 N–H and O–H groups in total. The molecule has 1 aromatic carbocycles. The van der Waals surface area contributed by atoms with Crippen LogP contribution in [0.2, 0.25) is 0 Å². The fourth-order valence-corrected chi connectivity index (χ4v) is 2.80. The number of furan rings is 1. The lowest BCUT2D eigenvalue weighted by molar-refractivity contribution is 0.610. The number of fused-ring (bicyclic) bond motifs is 1. The van der Waals surface area contributed by atoms with Gasteiger partial charge in [-0.05, 0) is 24.3 Å². The van der Waals surface area contributed by atoms with Crippen LogP contribution in [0.1, 0.15) is 17.9 Å². The molecule has 1 aliphatic carbocycles. The van der Waals surface area contributed by atoms with Crippen LogP contribution in [0.25, 0.3) is 11.0 Å². The van der Waals surface area contributed by atoms with Gasteiger partial charge < -0.3 is 4.42 Å². The highest BCUT2D eigenvalue weighted by Crippen LogP contribution is 2.50. The van der Waals surface area contributed by atoms with Gasteiger partial charge in [-0.2, -0.15) is 0 Å². The second kappa shape index (κ2) is 3.13. The molecule has 72 valence electrons. The fraction of sp³-hybridized carbons (Fsp3) is 0.333. The van der Waals surface area contributed by atoms with Gasteiger partial charge >= 0.3 is 0 Å². The van der Waals surface area contributed by atoms with Crippen molar-refractivity contribution in [2.24, 2.45) is 5.92 Å². The maximum Gasteiger partial charge on any atom is 0.134 e. The molecule has 1 fully saturated rings. The van der Waals surface area contributed by atoms with Gasteiger partial charge in [-0.25, -0.2) is 0 Å². The van der Waals surface area contributed by atoms with Crippen LogP contribution in [0.5, 0.6) is 0 Å². The predicted molar refractivity (Wildman–Crippen MR) is 60.9 cm³/mol. The summed E-state index contributed by atoms with van der Waals surface area (Å²) < 4.78 is 5.53. The molecule has 1 aliphatic rings. The number of alkyl halides is 1. The van der Waals surface area contributed by atoms with Gasteiger partial charge in [0, 0.05) is 16.3 Å². The normalized spacial score (nSPS) is 25.5. The van der Waals surface area contributed by atoms with E-state index >= 15 is 0 Å². The van der Waals surface area contributed by atoms with E-state index in [4.69, 9.17) is 4.42 Å². The van der Waals surface area contributed by atoms with Gasteiger partial charge in [-0.3, -0.25) is 0 Å². The Balaban J connectivity index is 2.06. The van der Waals surface area contributed by atoms with Crippen LogP contribution in [0, 0.1) is 5.92 Å². The van der Waals surface area contributed by atoms with Gasteiger partial charge in [0.05, 0.1) is 6.26 Å². The van der Waals surface area contributed by atoms with Crippen molar-refractivity contribution in [3.63, 3.8) is 0 Å². The van der Waals surface area contributed by atoms with Gasteiger partial charge in [0.2, 0.25) is 0 Å². The second-order valence-corrected chi connectivity index (χ2v) is 4.59. The quantitative estimate of drug-likeness (QED) is 0.737. The van der Waals surface area contributed by atoms with Crippen molar-refractivity contribution in [1.29, 1.82) is 0 Å². The van der Waals surface area contributed by atoms with Crippen LogP contribution in [0.3, 0.4) is 0 Å². The Kier molecular flexibility index (Phi) is 1.91. The maximum absolute atomic E-state index is 5.53. The third-order valence-corrected chi connectivity index (χ3v) is 3.86. The lowest BCUT2D eigenvalue weighted by Crippen LogP contribution is -1.81. The van der Waals surface area contributed by atoms with Crippen molar-refractivity contribution >= 4 is 26.9 Å². The van der Waals surface area contributed by atoms with Crippen LogP contribution >= 0.6 is 15.9 Å². The van der Waals surface area contributed by atoms with E-state index in [0.717, 1.165) is 22.7 Å². The monoisotopic (exact) mass is 250 g/mol. The van der Waals surface area contributed by atoms with Gasteiger partial charge in [0.15, 0.2) is 0 Å². The van der Waals surface area contributed by atoms with E-state index in [-0.39, 0.29) is 0 Å². The first-order valence-electron chi connectivity index (χ1n) is 4.92. The molecule has 0 spiro atoms. The largest absolute Gasteiger partial charge is 0.464 e. The van der Waals surface area contributed by atoms with Gasteiger partial charge in [0.1, 0.15) is 5.58 Å². The SMILES string of the molecule is BrCC1CC1c1coc2ccccc12. The number of hydrogen-bond acceptors (Lipinski definition) is 1. The van der Waals surface area contributed by atoms with E-state index in [0.29, 0.717) is 0 Å². The van der Waals surface area contributed by atoms with E-state index in [9.17, 15) is 0 Å². The molecular formula is C12H11BrO. The van der Waals surface area contributed by atoms with Crippen LogP contribution in [0.15, 0.2) is 34.9 Å². The standard InChI is InChI=1S/C12H11BrO/c13-6-8-5-10(8)11-7-14-12-4-2-1-3-9(11)12/h1-4,7-8,10H,5-6H2. The number of hydrogen-bond donors (Lipinski definition) is 0. The fourth-order valence-electron chi connectivity index (χ4n) is 2.08. The Labute approximate surface area is 91.2 Å². The Bertz CT molecular complexity index is 460. The van der Waals surface area contributed by atoms with Crippen molar-refractivity contribution < 1.29 is 4.42 Å². The number of rotatable bonds is 2. The average molecular weight is 251 g/mol.